The van der Waals surface area contributed by atoms with Crippen LogP contribution in [-0.4, -0.2) is 17.9 Å². The monoisotopic (exact) mass is 518 g/mol. The number of benzene rings is 2. The fraction of sp³-hybridized carbons (Fsp3) is 0.0667. The average molecular weight is 521 g/mol. The number of hydrogen-bond acceptors (Lipinski definition) is 3. The van der Waals surface area contributed by atoms with Gasteiger partial charge in [-0.3, -0.25) is 4.79 Å². The maximum absolute atomic E-state index is 11.9. The summed E-state index contributed by atoms with van der Waals surface area (Å²) in [6, 6.07) is 7.45. The molecule has 25 heavy (non-hydrogen) atoms. The number of carbonyl (C=O) groups excluding carboxylic acids is 1. The lowest BCUT2D eigenvalue weighted by molar-refractivity contribution is -0.118. The second kappa shape index (κ2) is 9.70. The Labute approximate surface area is 182 Å². The van der Waals surface area contributed by atoms with Crippen LogP contribution in [-0.2, 0) is 4.79 Å². The second-order valence-electron chi connectivity index (χ2n) is 4.53. The van der Waals surface area contributed by atoms with Crippen LogP contribution in [0.5, 0.6) is 0 Å². The molecule has 0 aliphatic rings. The van der Waals surface area contributed by atoms with E-state index < -0.39 is 0 Å². The first-order chi connectivity index (χ1) is 11.8. The Morgan fingerprint density at radius 1 is 1.00 bits per heavy atom. The van der Waals surface area contributed by atoms with Crippen molar-refractivity contribution in [2.24, 2.45) is 5.10 Å². The van der Waals surface area contributed by atoms with Gasteiger partial charge in [-0.25, -0.2) is 5.43 Å². The van der Waals surface area contributed by atoms with E-state index in [1.165, 1.54) is 6.21 Å². The molecule has 0 saturated heterocycles. The third kappa shape index (κ3) is 5.67. The molecule has 2 aromatic rings. The largest absolute Gasteiger partial charge is 0.272 e. The lowest BCUT2D eigenvalue weighted by atomic mass is 10.2. The lowest BCUT2D eigenvalue weighted by Crippen LogP contribution is -2.19. The van der Waals surface area contributed by atoms with E-state index in [4.69, 9.17) is 58.0 Å². The van der Waals surface area contributed by atoms with Gasteiger partial charge in [0.05, 0.1) is 37.1 Å². The molecule has 0 aromatic heterocycles. The Bertz CT molecular complexity index is 801. The first kappa shape index (κ1) is 21.2. The number of rotatable bonds is 5. The van der Waals surface area contributed by atoms with Crippen molar-refractivity contribution >= 4 is 97.8 Å². The highest BCUT2D eigenvalue weighted by atomic mass is 79.9. The van der Waals surface area contributed by atoms with Gasteiger partial charge in [-0.15, -0.1) is 11.8 Å². The highest BCUT2D eigenvalue weighted by Gasteiger charge is 2.20. The fourth-order valence-corrected chi connectivity index (χ4v) is 4.25. The summed E-state index contributed by atoms with van der Waals surface area (Å²) < 4.78 is 0.958. The molecule has 2 rings (SSSR count). The van der Waals surface area contributed by atoms with E-state index in [0.29, 0.717) is 4.90 Å². The van der Waals surface area contributed by atoms with Crippen molar-refractivity contribution in [2.75, 3.05) is 5.75 Å². The normalized spacial score (nSPS) is 11.1. The van der Waals surface area contributed by atoms with Crippen molar-refractivity contribution < 1.29 is 4.79 Å². The van der Waals surface area contributed by atoms with E-state index in [1.54, 1.807) is 0 Å². The van der Waals surface area contributed by atoms with Crippen molar-refractivity contribution in [1.82, 2.24) is 5.43 Å². The van der Waals surface area contributed by atoms with Crippen molar-refractivity contribution in [3.8, 4) is 0 Å². The van der Waals surface area contributed by atoms with E-state index >= 15 is 0 Å². The van der Waals surface area contributed by atoms with Gasteiger partial charge in [0.2, 0.25) is 5.91 Å². The molecule has 0 heterocycles. The molecule has 3 nitrogen and oxygen atoms in total. The van der Waals surface area contributed by atoms with E-state index in [-0.39, 0.29) is 36.8 Å². The number of carbonyl (C=O) groups is 1. The Hall–Kier alpha value is -0.140. The summed E-state index contributed by atoms with van der Waals surface area (Å²) in [5.41, 5.74) is 3.26. The predicted molar refractivity (Wildman–Crippen MR) is 112 cm³/mol. The summed E-state index contributed by atoms with van der Waals surface area (Å²) in [6.07, 6.45) is 1.53. The molecule has 0 fully saturated rings. The zero-order valence-corrected chi connectivity index (χ0v) is 18.3. The van der Waals surface area contributed by atoms with Crippen LogP contribution < -0.4 is 5.43 Å². The van der Waals surface area contributed by atoms with Gasteiger partial charge >= 0.3 is 0 Å². The SMILES string of the molecule is O=C(CSc1c(Cl)c(Cl)c(Cl)c(Cl)c1Cl)N/N=C/c1ccc(Br)cc1. The van der Waals surface area contributed by atoms with Crippen molar-refractivity contribution in [2.45, 2.75) is 4.90 Å². The van der Waals surface area contributed by atoms with Gasteiger partial charge in [0.1, 0.15) is 0 Å². The quantitative estimate of drug-likeness (QED) is 0.152. The van der Waals surface area contributed by atoms with Gasteiger partial charge < -0.3 is 0 Å². The summed E-state index contributed by atoms with van der Waals surface area (Å²) in [5, 5.41) is 4.44. The van der Waals surface area contributed by atoms with Gasteiger partial charge in [0.25, 0.3) is 0 Å². The molecular formula is C15H8BrCl5N2OS. The molecule has 0 aliphatic carbocycles. The molecule has 2 aromatic carbocycles. The molecule has 0 atom stereocenters. The van der Waals surface area contributed by atoms with E-state index in [2.05, 4.69) is 26.5 Å². The van der Waals surface area contributed by atoms with Crippen LogP contribution >= 0.6 is 85.7 Å². The Kier molecular flexibility index (Phi) is 8.21. The van der Waals surface area contributed by atoms with Gasteiger partial charge in [-0.05, 0) is 17.7 Å². The Morgan fingerprint density at radius 3 is 2.08 bits per heavy atom. The van der Waals surface area contributed by atoms with Crippen LogP contribution in [0.1, 0.15) is 5.56 Å². The molecule has 0 unspecified atom stereocenters. The number of hydrazone groups is 1. The Morgan fingerprint density at radius 2 is 1.52 bits per heavy atom. The van der Waals surface area contributed by atoms with Crippen LogP contribution in [0.15, 0.2) is 38.7 Å². The molecule has 0 spiro atoms. The first-order valence-corrected chi connectivity index (χ1v) is 10.2. The van der Waals surface area contributed by atoms with Crippen LogP contribution in [0.25, 0.3) is 0 Å². The minimum Gasteiger partial charge on any atom is -0.272 e. The number of nitrogens with one attached hydrogen (secondary N) is 1. The summed E-state index contributed by atoms with van der Waals surface area (Å²) in [4.78, 5) is 12.3. The van der Waals surface area contributed by atoms with Crippen LogP contribution in [0.4, 0.5) is 0 Å². The molecule has 0 bridgehead atoms. The number of halogens is 6. The average Bonchev–Trinajstić information content (AvgIpc) is 2.60. The van der Waals surface area contributed by atoms with Crippen LogP contribution in [0.2, 0.25) is 25.1 Å². The third-order valence-corrected chi connectivity index (χ3v) is 6.92. The van der Waals surface area contributed by atoms with Crippen molar-refractivity contribution in [1.29, 1.82) is 0 Å². The number of thioether (sulfide) groups is 1. The molecular weight excluding hydrogens is 513 g/mol. The molecule has 10 heteroatoms. The second-order valence-corrected chi connectivity index (χ2v) is 8.32. The zero-order chi connectivity index (χ0) is 18.6. The van der Waals surface area contributed by atoms with Gasteiger partial charge in [-0.2, -0.15) is 5.10 Å². The lowest BCUT2D eigenvalue weighted by Gasteiger charge is -2.11. The smallest absolute Gasteiger partial charge is 0.250 e. The third-order valence-electron chi connectivity index (χ3n) is 2.79. The number of nitrogens with zero attached hydrogens (tertiary/aromatic N) is 1. The highest BCUT2D eigenvalue weighted by molar-refractivity contribution is 9.10. The molecule has 1 amide bonds. The van der Waals surface area contributed by atoms with E-state index in [1.807, 2.05) is 24.3 Å². The predicted octanol–water partition coefficient (Wildman–Crippen LogP) is 6.96. The van der Waals surface area contributed by atoms with Gasteiger partial charge in [0.15, 0.2) is 0 Å². The first-order valence-electron chi connectivity index (χ1n) is 6.53. The van der Waals surface area contributed by atoms with E-state index in [9.17, 15) is 4.79 Å². The molecule has 132 valence electrons. The van der Waals surface area contributed by atoms with Gasteiger partial charge in [-0.1, -0.05) is 86.1 Å². The minimum absolute atomic E-state index is 0.0193. The summed E-state index contributed by atoms with van der Waals surface area (Å²) in [7, 11) is 0. The fourth-order valence-electron chi connectivity index (χ4n) is 1.61. The molecule has 0 radical (unpaired) electrons. The zero-order valence-electron chi connectivity index (χ0n) is 12.1. The number of amides is 1. The molecule has 1 N–H and O–H groups in total. The highest BCUT2D eigenvalue weighted by Crippen LogP contribution is 2.47. The summed E-state index contributed by atoms with van der Waals surface area (Å²) in [6.45, 7) is 0. The summed E-state index contributed by atoms with van der Waals surface area (Å²) >= 11 is 34.5. The minimum atomic E-state index is -0.340. The topological polar surface area (TPSA) is 41.5 Å². The van der Waals surface area contributed by atoms with Crippen LogP contribution in [0, 0.1) is 0 Å². The number of hydrogen-bond donors (Lipinski definition) is 1. The van der Waals surface area contributed by atoms with Gasteiger partial charge in [0, 0.05) is 9.37 Å². The van der Waals surface area contributed by atoms with Crippen molar-refractivity contribution in [3.63, 3.8) is 0 Å². The molecule has 0 aliphatic heterocycles. The standard InChI is InChI=1S/C15H8BrCl5N2OS/c16-8-3-1-7(2-4-8)5-22-23-9(24)6-25-15-13(20)11(18)10(17)12(19)14(15)21/h1-5H,6H2,(H,23,24)/b22-5+. The maximum Gasteiger partial charge on any atom is 0.250 e. The Balaban J connectivity index is 1.97. The van der Waals surface area contributed by atoms with E-state index in [0.717, 1.165) is 21.8 Å². The molecule has 0 saturated carbocycles. The van der Waals surface area contributed by atoms with Crippen LogP contribution in [0.3, 0.4) is 0 Å². The van der Waals surface area contributed by atoms with Crippen molar-refractivity contribution in [3.05, 3.63) is 59.4 Å². The summed E-state index contributed by atoms with van der Waals surface area (Å²) in [5.74, 6) is -0.321. The maximum atomic E-state index is 11.9.